The highest BCUT2D eigenvalue weighted by Crippen LogP contribution is 2.17. The molecule has 2 heterocycles. The summed E-state index contributed by atoms with van der Waals surface area (Å²) in [5.41, 5.74) is 0. The molecule has 1 N–H and O–H groups in total. The number of nitrogens with one attached hydrogen (secondary N) is 1. The standard InChI is InChI=1S/C15H27N5O2/c1-11(2)9-14(21)20-7-5-12(6-8-20)16-15-18-17-13(22-15)10-19(3)4/h11-12H,5-10H2,1-4H3,(H,16,18). The van der Waals surface area contributed by atoms with E-state index in [4.69, 9.17) is 4.42 Å². The molecule has 0 aromatic carbocycles. The van der Waals surface area contributed by atoms with Crippen molar-refractivity contribution < 1.29 is 9.21 Å². The van der Waals surface area contributed by atoms with Crippen LogP contribution in [0.1, 0.15) is 39.0 Å². The first-order chi connectivity index (χ1) is 10.4. The third-order valence-corrected chi connectivity index (χ3v) is 3.68. The number of rotatable bonds is 6. The molecular formula is C15H27N5O2. The van der Waals surface area contributed by atoms with E-state index in [0.29, 0.717) is 30.8 Å². The van der Waals surface area contributed by atoms with Gasteiger partial charge in [-0.1, -0.05) is 18.9 Å². The van der Waals surface area contributed by atoms with E-state index in [1.807, 2.05) is 23.9 Å². The van der Waals surface area contributed by atoms with Gasteiger partial charge in [0.05, 0.1) is 6.54 Å². The molecule has 22 heavy (non-hydrogen) atoms. The number of carbonyl (C=O) groups excluding carboxylic acids is 1. The Kier molecular flexibility index (Phi) is 5.76. The van der Waals surface area contributed by atoms with Gasteiger partial charge in [0.25, 0.3) is 0 Å². The number of likely N-dealkylation sites (tertiary alicyclic amines) is 1. The van der Waals surface area contributed by atoms with Crippen molar-refractivity contribution in [1.29, 1.82) is 0 Å². The lowest BCUT2D eigenvalue weighted by atomic mass is 10.0. The number of anilines is 1. The monoisotopic (exact) mass is 309 g/mol. The Morgan fingerprint density at radius 3 is 2.64 bits per heavy atom. The molecule has 7 heteroatoms. The first-order valence-corrected chi connectivity index (χ1v) is 7.95. The summed E-state index contributed by atoms with van der Waals surface area (Å²) >= 11 is 0. The molecule has 1 saturated heterocycles. The van der Waals surface area contributed by atoms with E-state index < -0.39 is 0 Å². The third kappa shape index (κ3) is 4.98. The summed E-state index contributed by atoms with van der Waals surface area (Å²) < 4.78 is 5.57. The maximum absolute atomic E-state index is 12.0. The van der Waals surface area contributed by atoms with Gasteiger partial charge in [0.1, 0.15) is 0 Å². The molecule has 1 aromatic rings. The molecule has 2 rings (SSSR count). The molecule has 124 valence electrons. The van der Waals surface area contributed by atoms with E-state index in [2.05, 4.69) is 29.4 Å². The quantitative estimate of drug-likeness (QED) is 0.860. The number of nitrogens with zero attached hydrogens (tertiary/aromatic N) is 4. The number of piperidine rings is 1. The van der Waals surface area contributed by atoms with Gasteiger partial charge in [-0.3, -0.25) is 4.79 Å². The fraction of sp³-hybridized carbons (Fsp3) is 0.800. The van der Waals surface area contributed by atoms with Crippen LogP contribution in [0.3, 0.4) is 0 Å². The molecule has 7 nitrogen and oxygen atoms in total. The third-order valence-electron chi connectivity index (χ3n) is 3.68. The zero-order chi connectivity index (χ0) is 16.1. The van der Waals surface area contributed by atoms with E-state index in [1.54, 1.807) is 0 Å². The minimum Gasteiger partial charge on any atom is -0.407 e. The van der Waals surface area contributed by atoms with Gasteiger partial charge in [0.15, 0.2) is 0 Å². The van der Waals surface area contributed by atoms with E-state index >= 15 is 0 Å². The SMILES string of the molecule is CC(C)CC(=O)N1CCC(Nc2nnc(CN(C)C)o2)CC1. The largest absolute Gasteiger partial charge is 0.407 e. The minimum absolute atomic E-state index is 0.263. The molecule has 0 spiro atoms. The molecular weight excluding hydrogens is 282 g/mol. The van der Waals surface area contributed by atoms with Crippen molar-refractivity contribution in [1.82, 2.24) is 20.0 Å². The zero-order valence-corrected chi connectivity index (χ0v) is 14.0. The van der Waals surface area contributed by atoms with Crippen molar-refractivity contribution in [2.75, 3.05) is 32.5 Å². The first-order valence-electron chi connectivity index (χ1n) is 7.95. The molecule has 0 bridgehead atoms. The number of aromatic nitrogens is 2. The summed E-state index contributed by atoms with van der Waals surface area (Å²) in [6.45, 7) is 6.38. The second-order valence-electron chi connectivity index (χ2n) is 6.64. The highest BCUT2D eigenvalue weighted by atomic mass is 16.4. The van der Waals surface area contributed by atoms with Gasteiger partial charge in [-0.25, -0.2) is 0 Å². The number of hydrogen-bond acceptors (Lipinski definition) is 6. The Morgan fingerprint density at radius 2 is 2.05 bits per heavy atom. The van der Waals surface area contributed by atoms with Gasteiger partial charge < -0.3 is 19.5 Å². The number of amides is 1. The summed E-state index contributed by atoms with van der Waals surface area (Å²) in [7, 11) is 3.92. The van der Waals surface area contributed by atoms with Crippen LogP contribution in [0, 0.1) is 5.92 Å². The van der Waals surface area contributed by atoms with Gasteiger partial charge in [-0.2, -0.15) is 0 Å². The Morgan fingerprint density at radius 1 is 1.36 bits per heavy atom. The Bertz CT molecular complexity index is 478. The molecule has 0 aliphatic carbocycles. The second kappa shape index (κ2) is 7.58. The van der Waals surface area contributed by atoms with Gasteiger partial charge in [-0.15, -0.1) is 5.10 Å². The summed E-state index contributed by atoms with van der Waals surface area (Å²) in [4.78, 5) is 16.0. The minimum atomic E-state index is 0.263. The van der Waals surface area contributed by atoms with Crippen LogP contribution in [0.2, 0.25) is 0 Å². The molecule has 0 saturated carbocycles. The van der Waals surface area contributed by atoms with E-state index in [-0.39, 0.29) is 11.9 Å². The molecule has 1 amide bonds. The van der Waals surface area contributed by atoms with Gasteiger partial charge in [0, 0.05) is 25.6 Å². The number of carbonyl (C=O) groups is 1. The van der Waals surface area contributed by atoms with Crippen molar-refractivity contribution in [3.05, 3.63) is 5.89 Å². The van der Waals surface area contributed by atoms with Crippen LogP contribution in [0.4, 0.5) is 6.01 Å². The summed E-state index contributed by atoms with van der Waals surface area (Å²) in [5, 5.41) is 11.3. The predicted octanol–water partition coefficient (Wildman–Crippen LogP) is 1.58. The Labute approximate surface area is 132 Å². The lowest BCUT2D eigenvalue weighted by Gasteiger charge is -2.32. The van der Waals surface area contributed by atoms with Gasteiger partial charge in [0.2, 0.25) is 11.8 Å². The molecule has 1 aliphatic rings. The van der Waals surface area contributed by atoms with Crippen LogP contribution in [0.15, 0.2) is 4.42 Å². The van der Waals surface area contributed by atoms with Crippen molar-refractivity contribution in [3.63, 3.8) is 0 Å². The maximum Gasteiger partial charge on any atom is 0.315 e. The summed E-state index contributed by atoms with van der Waals surface area (Å²) in [6.07, 6.45) is 2.46. The van der Waals surface area contributed by atoms with Crippen LogP contribution in [-0.2, 0) is 11.3 Å². The van der Waals surface area contributed by atoms with E-state index in [0.717, 1.165) is 25.9 Å². The van der Waals surface area contributed by atoms with Gasteiger partial charge in [-0.05, 0) is 32.9 Å². The van der Waals surface area contributed by atoms with Crippen molar-refractivity contribution in [2.45, 2.75) is 45.7 Å². The highest BCUT2D eigenvalue weighted by Gasteiger charge is 2.24. The fourth-order valence-electron chi connectivity index (χ4n) is 2.57. The van der Waals surface area contributed by atoms with Crippen LogP contribution >= 0.6 is 0 Å². The fourth-order valence-corrected chi connectivity index (χ4v) is 2.57. The average molecular weight is 309 g/mol. The van der Waals surface area contributed by atoms with Crippen LogP contribution < -0.4 is 5.32 Å². The van der Waals surface area contributed by atoms with Crippen LogP contribution in [-0.4, -0.2) is 59.1 Å². The van der Waals surface area contributed by atoms with Crippen molar-refractivity contribution in [3.8, 4) is 0 Å². The first kappa shape index (κ1) is 16.7. The Balaban J connectivity index is 1.77. The van der Waals surface area contributed by atoms with Crippen molar-refractivity contribution in [2.24, 2.45) is 5.92 Å². The normalized spacial score (nSPS) is 16.5. The molecule has 0 radical (unpaired) electrons. The smallest absolute Gasteiger partial charge is 0.315 e. The molecule has 0 unspecified atom stereocenters. The zero-order valence-electron chi connectivity index (χ0n) is 14.0. The van der Waals surface area contributed by atoms with E-state index in [1.165, 1.54) is 0 Å². The van der Waals surface area contributed by atoms with Crippen LogP contribution in [0.5, 0.6) is 0 Å². The molecule has 1 aromatic heterocycles. The summed E-state index contributed by atoms with van der Waals surface area (Å²) in [5.74, 6) is 1.29. The lowest BCUT2D eigenvalue weighted by Crippen LogP contribution is -2.42. The Hall–Kier alpha value is -1.63. The number of hydrogen-bond donors (Lipinski definition) is 1. The predicted molar refractivity (Wildman–Crippen MR) is 84.4 cm³/mol. The second-order valence-corrected chi connectivity index (χ2v) is 6.64. The topological polar surface area (TPSA) is 74.5 Å². The van der Waals surface area contributed by atoms with Crippen LogP contribution in [0.25, 0.3) is 0 Å². The van der Waals surface area contributed by atoms with Gasteiger partial charge >= 0.3 is 6.01 Å². The van der Waals surface area contributed by atoms with E-state index in [9.17, 15) is 4.79 Å². The molecule has 0 atom stereocenters. The molecule has 1 aliphatic heterocycles. The molecule has 1 fully saturated rings. The highest BCUT2D eigenvalue weighted by molar-refractivity contribution is 5.76. The lowest BCUT2D eigenvalue weighted by molar-refractivity contribution is -0.132. The van der Waals surface area contributed by atoms with Crippen molar-refractivity contribution >= 4 is 11.9 Å². The maximum atomic E-state index is 12.0. The average Bonchev–Trinajstić information content (AvgIpc) is 2.85. The summed E-state index contributed by atoms with van der Waals surface area (Å²) in [6, 6.07) is 0.763.